The molecular formula is C12H14Cl2N2O. The molecule has 0 aliphatic heterocycles. The smallest absolute Gasteiger partial charge is 0.253 e. The van der Waals surface area contributed by atoms with Crippen LogP contribution in [0.2, 0.25) is 10.0 Å². The summed E-state index contributed by atoms with van der Waals surface area (Å²) in [5.41, 5.74) is 6.51. The van der Waals surface area contributed by atoms with E-state index in [-0.39, 0.29) is 5.91 Å². The van der Waals surface area contributed by atoms with Crippen LogP contribution in [0.3, 0.4) is 0 Å². The standard InChI is InChI=1S/C12H14Cl2N2O/c1-16(6-7-2-3-7)12(17)8-4-9(13)11(14)10(15)5-8/h4-5,7H,2-3,6,15H2,1H3. The van der Waals surface area contributed by atoms with Crippen molar-refractivity contribution in [2.45, 2.75) is 12.8 Å². The van der Waals surface area contributed by atoms with Crippen molar-refractivity contribution < 1.29 is 4.79 Å². The third kappa shape index (κ3) is 2.85. The molecule has 1 aromatic rings. The zero-order valence-corrected chi connectivity index (χ0v) is 11.1. The number of hydrogen-bond acceptors (Lipinski definition) is 2. The number of carbonyl (C=O) groups excluding carboxylic acids is 1. The maximum absolute atomic E-state index is 12.1. The lowest BCUT2D eigenvalue weighted by atomic mass is 10.1. The first-order valence-electron chi connectivity index (χ1n) is 5.49. The molecule has 1 aliphatic carbocycles. The minimum atomic E-state index is -0.0674. The van der Waals surface area contributed by atoms with Crippen molar-refractivity contribution in [3.05, 3.63) is 27.7 Å². The number of rotatable bonds is 3. The summed E-state index contributed by atoms with van der Waals surface area (Å²) in [5, 5.41) is 0.614. The van der Waals surface area contributed by atoms with Gasteiger partial charge in [-0.25, -0.2) is 0 Å². The van der Waals surface area contributed by atoms with E-state index in [1.807, 2.05) is 0 Å². The lowest BCUT2D eigenvalue weighted by Crippen LogP contribution is -2.28. The number of anilines is 1. The Kier molecular flexibility index (Phi) is 3.50. The summed E-state index contributed by atoms with van der Waals surface area (Å²) >= 11 is 11.7. The van der Waals surface area contributed by atoms with Crippen molar-refractivity contribution in [1.29, 1.82) is 0 Å². The van der Waals surface area contributed by atoms with E-state index in [2.05, 4.69) is 0 Å². The Hall–Kier alpha value is -0.930. The first kappa shape index (κ1) is 12.5. The van der Waals surface area contributed by atoms with Gasteiger partial charge in [-0.1, -0.05) is 23.2 Å². The third-order valence-corrected chi connectivity index (χ3v) is 3.70. The van der Waals surface area contributed by atoms with Gasteiger partial charge in [0.05, 0.1) is 15.7 Å². The van der Waals surface area contributed by atoms with Gasteiger partial charge in [0.2, 0.25) is 0 Å². The van der Waals surface area contributed by atoms with E-state index < -0.39 is 0 Å². The number of nitrogen functional groups attached to an aromatic ring is 1. The van der Waals surface area contributed by atoms with Crippen LogP contribution >= 0.6 is 23.2 Å². The van der Waals surface area contributed by atoms with Gasteiger partial charge in [-0.15, -0.1) is 0 Å². The second-order valence-corrected chi connectivity index (χ2v) is 5.28. The highest BCUT2D eigenvalue weighted by atomic mass is 35.5. The first-order chi connectivity index (χ1) is 7.99. The molecule has 2 N–H and O–H groups in total. The molecule has 3 nitrogen and oxygen atoms in total. The number of carbonyl (C=O) groups is 1. The van der Waals surface area contributed by atoms with Crippen LogP contribution < -0.4 is 5.73 Å². The quantitative estimate of drug-likeness (QED) is 0.860. The second-order valence-electron chi connectivity index (χ2n) is 4.49. The van der Waals surface area contributed by atoms with Crippen LogP contribution in [0.25, 0.3) is 0 Å². The molecule has 0 heterocycles. The topological polar surface area (TPSA) is 46.3 Å². The predicted octanol–water partition coefficient (Wildman–Crippen LogP) is 3.06. The largest absolute Gasteiger partial charge is 0.397 e. The van der Waals surface area contributed by atoms with Crippen LogP contribution in [-0.4, -0.2) is 24.4 Å². The molecule has 0 bridgehead atoms. The fourth-order valence-electron chi connectivity index (χ4n) is 1.72. The highest BCUT2D eigenvalue weighted by Crippen LogP contribution is 2.31. The van der Waals surface area contributed by atoms with Crippen LogP contribution in [0, 0.1) is 5.92 Å². The molecule has 17 heavy (non-hydrogen) atoms. The fraction of sp³-hybridized carbons (Fsp3) is 0.417. The van der Waals surface area contributed by atoms with Crippen molar-refractivity contribution in [3.63, 3.8) is 0 Å². The summed E-state index contributed by atoms with van der Waals surface area (Å²) in [7, 11) is 1.79. The molecule has 1 aromatic carbocycles. The average Bonchev–Trinajstić information content (AvgIpc) is 3.07. The van der Waals surface area contributed by atoms with Crippen LogP contribution in [-0.2, 0) is 0 Å². The lowest BCUT2D eigenvalue weighted by Gasteiger charge is -2.17. The molecule has 1 saturated carbocycles. The SMILES string of the molecule is CN(CC1CC1)C(=O)c1cc(N)c(Cl)c(Cl)c1. The van der Waals surface area contributed by atoms with E-state index in [1.165, 1.54) is 12.8 Å². The summed E-state index contributed by atoms with van der Waals surface area (Å²) in [6, 6.07) is 3.13. The average molecular weight is 273 g/mol. The van der Waals surface area contributed by atoms with Crippen LogP contribution in [0.1, 0.15) is 23.2 Å². The Morgan fingerprint density at radius 1 is 1.47 bits per heavy atom. The number of nitrogens with zero attached hydrogens (tertiary/aromatic N) is 1. The molecule has 0 aromatic heterocycles. The number of nitrogens with two attached hydrogens (primary N) is 1. The van der Waals surface area contributed by atoms with E-state index in [1.54, 1.807) is 24.1 Å². The Bertz CT molecular complexity index is 435. The highest BCUT2D eigenvalue weighted by molar-refractivity contribution is 6.43. The predicted molar refractivity (Wildman–Crippen MR) is 70.6 cm³/mol. The van der Waals surface area contributed by atoms with Gasteiger partial charge in [0.25, 0.3) is 5.91 Å². The summed E-state index contributed by atoms with van der Waals surface area (Å²) < 4.78 is 0. The van der Waals surface area contributed by atoms with E-state index in [0.717, 1.165) is 6.54 Å². The zero-order chi connectivity index (χ0) is 12.6. The van der Waals surface area contributed by atoms with Crippen molar-refractivity contribution in [2.24, 2.45) is 5.92 Å². The Balaban J connectivity index is 2.17. The molecular weight excluding hydrogens is 259 g/mol. The van der Waals surface area contributed by atoms with Gasteiger partial charge >= 0.3 is 0 Å². The summed E-state index contributed by atoms with van der Waals surface area (Å²) in [6.07, 6.45) is 2.42. The molecule has 92 valence electrons. The van der Waals surface area contributed by atoms with Gasteiger partial charge in [-0.05, 0) is 30.9 Å². The number of benzene rings is 1. The summed E-state index contributed by atoms with van der Waals surface area (Å²) in [6.45, 7) is 0.791. The molecule has 0 radical (unpaired) electrons. The fourth-order valence-corrected chi connectivity index (χ4v) is 2.06. The number of halogens is 2. The van der Waals surface area contributed by atoms with Gasteiger partial charge in [-0.2, -0.15) is 0 Å². The Labute approximate surface area is 110 Å². The van der Waals surface area contributed by atoms with Crippen molar-refractivity contribution in [2.75, 3.05) is 19.3 Å². The van der Waals surface area contributed by atoms with Crippen molar-refractivity contribution >= 4 is 34.8 Å². The van der Waals surface area contributed by atoms with Gasteiger partial charge in [0.15, 0.2) is 0 Å². The number of amides is 1. The Morgan fingerprint density at radius 2 is 2.12 bits per heavy atom. The van der Waals surface area contributed by atoms with E-state index >= 15 is 0 Å². The molecule has 0 saturated heterocycles. The van der Waals surface area contributed by atoms with Crippen LogP contribution in [0.4, 0.5) is 5.69 Å². The van der Waals surface area contributed by atoms with Crippen LogP contribution in [0.5, 0.6) is 0 Å². The minimum absolute atomic E-state index is 0.0674. The van der Waals surface area contributed by atoms with Gasteiger partial charge in [0, 0.05) is 19.2 Å². The second kappa shape index (κ2) is 4.75. The first-order valence-corrected chi connectivity index (χ1v) is 6.24. The Morgan fingerprint density at radius 3 is 2.65 bits per heavy atom. The van der Waals surface area contributed by atoms with E-state index in [0.29, 0.717) is 27.2 Å². The highest BCUT2D eigenvalue weighted by Gasteiger charge is 2.25. The molecule has 1 aliphatic rings. The van der Waals surface area contributed by atoms with Crippen molar-refractivity contribution in [1.82, 2.24) is 4.90 Å². The maximum Gasteiger partial charge on any atom is 0.253 e. The zero-order valence-electron chi connectivity index (χ0n) is 9.54. The van der Waals surface area contributed by atoms with E-state index in [4.69, 9.17) is 28.9 Å². The van der Waals surface area contributed by atoms with Gasteiger partial charge in [-0.3, -0.25) is 4.79 Å². The molecule has 5 heteroatoms. The molecule has 1 fully saturated rings. The molecule has 2 rings (SSSR count). The minimum Gasteiger partial charge on any atom is -0.397 e. The molecule has 0 unspecified atom stereocenters. The normalized spacial score (nSPS) is 14.8. The van der Waals surface area contributed by atoms with Crippen molar-refractivity contribution in [3.8, 4) is 0 Å². The summed E-state index contributed by atoms with van der Waals surface area (Å²) in [4.78, 5) is 13.8. The summed E-state index contributed by atoms with van der Waals surface area (Å²) in [5.74, 6) is 0.589. The molecule has 0 spiro atoms. The maximum atomic E-state index is 12.1. The van der Waals surface area contributed by atoms with Gasteiger partial charge in [0.1, 0.15) is 0 Å². The number of hydrogen-bond donors (Lipinski definition) is 1. The van der Waals surface area contributed by atoms with Gasteiger partial charge < -0.3 is 10.6 Å². The molecule has 0 atom stereocenters. The monoisotopic (exact) mass is 272 g/mol. The van der Waals surface area contributed by atoms with Crippen LogP contribution in [0.15, 0.2) is 12.1 Å². The lowest BCUT2D eigenvalue weighted by molar-refractivity contribution is 0.0789. The van der Waals surface area contributed by atoms with E-state index in [9.17, 15) is 4.79 Å². The third-order valence-electron chi connectivity index (χ3n) is 2.88. The molecule has 1 amide bonds.